The lowest BCUT2D eigenvalue weighted by Crippen LogP contribution is -2.32. The molecular weight excluding hydrogens is 341 g/mol. The molecule has 132 valence electrons. The van der Waals surface area contributed by atoms with E-state index in [1.165, 1.54) is 12.1 Å². The fraction of sp³-hybridized carbons (Fsp3) is 0.294. The Hall–Kier alpha value is -3.07. The number of halogens is 1. The molecule has 1 aliphatic carbocycles. The van der Waals surface area contributed by atoms with Gasteiger partial charge in [-0.05, 0) is 25.0 Å². The van der Waals surface area contributed by atoms with Crippen LogP contribution < -0.4 is 4.73 Å². The first-order valence-electron chi connectivity index (χ1n) is 8.12. The van der Waals surface area contributed by atoms with Crippen LogP contribution in [-0.4, -0.2) is 26.6 Å². The van der Waals surface area contributed by atoms with Crippen LogP contribution in [0.3, 0.4) is 0 Å². The molecule has 1 fully saturated rings. The van der Waals surface area contributed by atoms with E-state index in [9.17, 15) is 9.60 Å². The second-order valence-electron chi connectivity index (χ2n) is 6.45. The van der Waals surface area contributed by atoms with Gasteiger partial charge in [-0.2, -0.15) is 9.71 Å². The number of fused-ring (bicyclic) bond motifs is 3. The number of imidazole rings is 1. The minimum absolute atomic E-state index is 0.226. The van der Waals surface area contributed by atoms with Crippen molar-refractivity contribution in [3.8, 4) is 11.5 Å². The Labute approximate surface area is 146 Å². The third-order valence-corrected chi connectivity index (χ3v) is 4.95. The van der Waals surface area contributed by atoms with Crippen LogP contribution in [0.5, 0.6) is 0 Å². The first kappa shape index (κ1) is 15.2. The molecule has 0 aliphatic heterocycles. The van der Waals surface area contributed by atoms with Crippen molar-refractivity contribution in [3.05, 3.63) is 47.1 Å². The molecule has 0 unspecified atom stereocenters. The van der Waals surface area contributed by atoms with Crippen molar-refractivity contribution >= 4 is 16.6 Å². The molecule has 4 aromatic rings. The van der Waals surface area contributed by atoms with Gasteiger partial charge >= 0.3 is 0 Å². The fourth-order valence-electron chi connectivity index (χ4n) is 3.30. The zero-order valence-electron chi connectivity index (χ0n) is 14.1. The first-order valence-corrected chi connectivity index (χ1v) is 8.12. The van der Waals surface area contributed by atoms with Gasteiger partial charge in [0.2, 0.25) is 17.0 Å². The number of aryl methyl sites for hydroxylation is 1. The van der Waals surface area contributed by atoms with Gasteiger partial charge in [0, 0.05) is 20.1 Å². The van der Waals surface area contributed by atoms with Crippen molar-refractivity contribution in [1.29, 1.82) is 0 Å². The summed E-state index contributed by atoms with van der Waals surface area (Å²) in [4.78, 5) is 8.80. The molecule has 0 N–H and O–H groups in total. The quantitative estimate of drug-likeness (QED) is 0.413. The molecule has 1 aliphatic rings. The minimum Gasteiger partial charge on any atom is -0.618 e. The van der Waals surface area contributed by atoms with Gasteiger partial charge in [0.25, 0.3) is 5.89 Å². The molecule has 0 saturated heterocycles. The number of rotatable bonds is 3. The normalized spacial score (nSPS) is 15.8. The summed E-state index contributed by atoms with van der Waals surface area (Å²) in [6.45, 7) is 1.65. The summed E-state index contributed by atoms with van der Waals surface area (Å²) in [5.74, 6) is 0.223. The number of nitrogens with zero attached hydrogens (tertiary/aromatic N) is 5. The smallest absolute Gasteiger partial charge is 0.259 e. The maximum atomic E-state index is 13.6. The summed E-state index contributed by atoms with van der Waals surface area (Å²) in [5, 5.41) is 16.6. The summed E-state index contributed by atoms with van der Waals surface area (Å²) in [6.07, 6.45) is 3.22. The zero-order chi connectivity index (χ0) is 18.1. The predicted molar refractivity (Wildman–Crippen MR) is 87.6 cm³/mol. The second-order valence-corrected chi connectivity index (χ2v) is 6.45. The van der Waals surface area contributed by atoms with Crippen LogP contribution >= 0.6 is 0 Å². The lowest BCUT2D eigenvalue weighted by atomic mass is 10.2. The van der Waals surface area contributed by atoms with Crippen molar-refractivity contribution in [2.75, 3.05) is 7.11 Å². The highest BCUT2D eigenvalue weighted by atomic mass is 19.1. The number of methoxy groups -OCH3 is 1. The van der Waals surface area contributed by atoms with E-state index in [1.54, 1.807) is 30.8 Å². The number of hydrogen-bond acceptors (Lipinski definition) is 6. The molecule has 0 atom stereocenters. The van der Waals surface area contributed by atoms with E-state index in [0.29, 0.717) is 33.0 Å². The average Bonchev–Trinajstić information content (AvgIpc) is 3.07. The van der Waals surface area contributed by atoms with Crippen LogP contribution in [0.4, 0.5) is 4.39 Å². The molecule has 0 spiro atoms. The van der Waals surface area contributed by atoms with Gasteiger partial charge in [-0.25, -0.2) is 9.37 Å². The summed E-state index contributed by atoms with van der Waals surface area (Å²) < 4.78 is 26.8. The van der Waals surface area contributed by atoms with E-state index in [4.69, 9.17) is 9.26 Å². The first-order chi connectivity index (χ1) is 12.5. The molecule has 3 aromatic heterocycles. The molecule has 26 heavy (non-hydrogen) atoms. The Kier molecular flexibility index (Phi) is 2.91. The topological polar surface area (TPSA) is 92.4 Å². The van der Waals surface area contributed by atoms with Gasteiger partial charge in [0.05, 0.1) is 0 Å². The molecular formula is C17H14FN5O3. The maximum Gasteiger partial charge on any atom is 0.259 e. The predicted octanol–water partition coefficient (Wildman–Crippen LogP) is 2.25. The zero-order valence-corrected chi connectivity index (χ0v) is 14.1. The lowest BCUT2D eigenvalue weighted by Gasteiger charge is -2.08. The minimum atomic E-state index is -0.501. The van der Waals surface area contributed by atoms with Crippen LogP contribution in [0, 0.1) is 17.9 Å². The molecule has 5 rings (SSSR count). The van der Waals surface area contributed by atoms with E-state index in [-0.39, 0.29) is 11.3 Å². The van der Waals surface area contributed by atoms with Gasteiger partial charge in [0.1, 0.15) is 34.5 Å². The SMILES string of the molecule is COC1(c2nc(-c3ncn4c3c(C)[n+]([O-])c3cc(F)ccc34)no2)CC1. The fourth-order valence-corrected chi connectivity index (χ4v) is 3.30. The van der Waals surface area contributed by atoms with Crippen molar-refractivity contribution in [2.45, 2.75) is 25.4 Å². The van der Waals surface area contributed by atoms with Crippen LogP contribution in [0.25, 0.3) is 28.1 Å². The van der Waals surface area contributed by atoms with E-state index in [1.807, 2.05) is 0 Å². The highest BCUT2D eigenvalue weighted by Gasteiger charge is 2.50. The van der Waals surface area contributed by atoms with E-state index in [2.05, 4.69) is 15.1 Å². The Bertz CT molecular complexity index is 1180. The Balaban J connectivity index is 1.75. The summed E-state index contributed by atoms with van der Waals surface area (Å²) in [6, 6.07) is 4.05. The Morgan fingerprint density at radius 1 is 1.38 bits per heavy atom. The van der Waals surface area contributed by atoms with Gasteiger partial charge in [-0.15, -0.1) is 0 Å². The maximum absolute atomic E-state index is 13.6. The third-order valence-electron chi connectivity index (χ3n) is 4.95. The van der Waals surface area contributed by atoms with Crippen molar-refractivity contribution in [1.82, 2.24) is 19.5 Å². The monoisotopic (exact) mass is 355 g/mol. The third kappa shape index (κ3) is 1.91. The van der Waals surface area contributed by atoms with Crippen LogP contribution in [0.15, 0.2) is 29.0 Å². The highest BCUT2D eigenvalue weighted by Crippen LogP contribution is 2.48. The van der Waals surface area contributed by atoms with E-state index in [0.717, 1.165) is 12.8 Å². The molecule has 1 aromatic carbocycles. The van der Waals surface area contributed by atoms with Crippen molar-refractivity contribution in [3.63, 3.8) is 0 Å². The largest absolute Gasteiger partial charge is 0.618 e. The molecule has 3 heterocycles. The molecule has 0 radical (unpaired) electrons. The van der Waals surface area contributed by atoms with Gasteiger partial charge in [-0.1, -0.05) is 5.16 Å². The molecule has 1 saturated carbocycles. The van der Waals surface area contributed by atoms with E-state index >= 15 is 0 Å². The number of aromatic nitrogens is 5. The summed E-state index contributed by atoms with van der Waals surface area (Å²) >= 11 is 0. The highest BCUT2D eigenvalue weighted by molar-refractivity contribution is 5.82. The van der Waals surface area contributed by atoms with Crippen LogP contribution in [0.2, 0.25) is 0 Å². The second kappa shape index (κ2) is 4.98. The average molecular weight is 355 g/mol. The van der Waals surface area contributed by atoms with Gasteiger partial charge in [-0.3, -0.25) is 4.40 Å². The molecule has 0 amide bonds. The van der Waals surface area contributed by atoms with Crippen molar-refractivity contribution < 1.29 is 18.4 Å². The summed E-state index contributed by atoms with van der Waals surface area (Å²) in [5.41, 5.74) is 1.62. The van der Waals surface area contributed by atoms with Gasteiger partial charge < -0.3 is 14.5 Å². The Morgan fingerprint density at radius 3 is 2.92 bits per heavy atom. The Morgan fingerprint density at radius 2 is 2.19 bits per heavy atom. The molecule has 9 heteroatoms. The van der Waals surface area contributed by atoms with Crippen LogP contribution in [0.1, 0.15) is 24.4 Å². The lowest BCUT2D eigenvalue weighted by molar-refractivity contribution is -0.583. The molecule has 8 nitrogen and oxygen atoms in total. The number of benzene rings is 1. The molecule has 0 bridgehead atoms. The van der Waals surface area contributed by atoms with E-state index < -0.39 is 11.4 Å². The van der Waals surface area contributed by atoms with Crippen LogP contribution in [-0.2, 0) is 10.3 Å². The standard InChI is InChI=1S/C17H14FN5O3/c1-9-14-13(15-20-16(26-21-15)17(25-2)5-6-17)19-8-22(14)11-4-3-10(18)7-12(11)23(9)24/h3-4,7-8H,5-6H2,1-2H3. The number of ether oxygens (including phenoxy) is 1. The number of hydrogen-bond donors (Lipinski definition) is 0. The van der Waals surface area contributed by atoms with Gasteiger partial charge in [0.15, 0.2) is 0 Å². The summed E-state index contributed by atoms with van der Waals surface area (Å²) in [7, 11) is 1.61. The van der Waals surface area contributed by atoms with Crippen molar-refractivity contribution in [2.24, 2.45) is 0 Å².